The highest BCUT2D eigenvalue weighted by Crippen LogP contribution is 2.33. The molecular formula is C13H22N2S2. The lowest BCUT2D eigenvalue weighted by Crippen LogP contribution is -2.24. The van der Waals surface area contributed by atoms with Crippen LogP contribution in [0.2, 0.25) is 0 Å². The van der Waals surface area contributed by atoms with Gasteiger partial charge in [0.25, 0.3) is 0 Å². The van der Waals surface area contributed by atoms with Crippen LogP contribution in [0.25, 0.3) is 0 Å². The topological polar surface area (TPSA) is 25.8 Å². The molecule has 1 rings (SSSR count). The fourth-order valence-electron chi connectivity index (χ4n) is 1.70. The standard InChI is InChI=1S/C13H22N2S2/c1-5-13(6-2,8-16)9-17-12-14-10(3)7-11(4)15-12/h7,16H,5-6,8-9H2,1-4H3. The first kappa shape index (κ1) is 14.8. The molecule has 2 nitrogen and oxygen atoms in total. The first-order valence-corrected chi connectivity index (χ1v) is 7.73. The van der Waals surface area contributed by atoms with E-state index in [1.165, 1.54) is 0 Å². The van der Waals surface area contributed by atoms with E-state index in [4.69, 9.17) is 0 Å². The average Bonchev–Trinajstić information content (AvgIpc) is 2.30. The summed E-state index contributed by atoms with van der Waals surface area (Å²) in [5.74, 6) is 1.98. The Bertz CT molecular complexity index is 334. The number of thioether (sulfide) groups is 1. The zero-order valence-electron chi connectivity index (χ0n) is 11.2. The number of aryl methyl sites for hydroxylation is 2. The van der Waals surface area contributed by atoms with Crippen molar-refractivity contribution in [2.75, 3.05) is 11.5 Å². The molecule has 0 bridgehead atoms. The van der Waals surface area contributed by atoms with Crippen molar-refractivity contribution in [3.05, 3.63) is 17.5 Å². The Morgan fingerprint density at radius 3 is 2.12 bits per heavy atom. The molecule has 0 fully saturated rings. The van der Waals surface area contributed by atoms with Gasteiger partial charge in [-0.15, -0.1) is 0 Å². The second-order valence-electron chi connectivity index (χ2n) is 4.59. The van der Waals surface area contributed by atoms with Gasteiger partial charge in [0.1, 0.15) is 0 Å². The Morgan fingerprint density at radius 2 is 1.71 bits per heavy atom. The number of nitrogens with zero attached hydrogens (tertiary/aromatic N) is 2. The lowest BCUT2D eigenvalue weighted by Gasteiger charge is -2.28. The van der Waals surface area contributed by atoms with Gasteiger partial charge in [-0.25, -0.2) is 9.97 Å². The van der Waals surface area contributed by atoms with Crippen molar-refractivity contribution in [2.45, 2.75) is 45.7 Å². The van der Waals surface area contributed by atoms with E-state index in [9.17, 15) is 0 Å². The molecule has 17 heavy (non-hydrogen) atoms. The summed E-state index contributed by atoms with van der Waals surface area (Å²) in [6.45, 7) is 8.51. The van der Waals surface area contributed by atoms with E-state index in [1.807, 2.05) is 19.9 Å². The van der Waals surface area contributed by atoms with Crippen LogP contribution in [-0.2, 0) is 0 Å². The number of hydrogen-bond donors (Lipinski definition) is 1. The summed E-state index contributed by atoms with van der Waals surface area (Å²) >= 11 is 6.25. The third-order valence-corrected chi connectivity index (χ3v) is 5.17. The third kappa shape index (κ3) is 4.18. The first-order chi connectivity index (χ1) is 8.05. The van der Waals surface area contributed by atoms with E-state index >= 15 is 0 Å². The zero-order chi connectivity index (χ0) is 12.9. The minimum absolute atomic E-state index is 0.314. The van der Waals surface area contributed by atoms with E-state index in [0.717, 1.165) is 40.9 Å². The summed E-state index contributed by atoms with van der Waals surface area (Å²) in [5, 5.41) is 0.899. The van der Waals surface area contributed by atoms with E-state index in [0.29, 0.717) is 5.41 Å². The van der Waals surface area contributed by atoms with Gasteiger partial charge in [0.2, 0.25) is 0 Å². The van der Waals surface area contributed by atoms with E-state index in [-0.39, 0.29) is 0 Å². The molecule has 0 saturated heterocycles. The Balaban J connectivity index is 2.71. The maximum atomic E-state index is 4.49. The molecule has 0 amide bonds. The molecule has 0 aromatic carbocycles. The number of hydrogen-bond acceptors (Lipinski definition) is 4. The van der Waals surface area contributed by atoms with Gasteiger partial charge in [-0.1, -0.05) is 25.6 Å². The summed E-state index contributed by atoms with van der Waals surface area (Å²) in [5.41, 5.74) is 2.41. The summed E-state index contributed by atoms with van der Waals surface area (Å²) < 4.78 is 0. The maximum absolute atomic E-state index is 4.49. The summed E-state index contributed by atoms with van der Waals surface area (Å²) in [6, 6.07) is 2.01. The van der Waals surface area contributed by atoms with Crippen LogP contribution in [0.3, 0.4) is 0 Å². The molecule has 0 unspecified atom stereocenters. The van der Waals surface area contributed by atoms with Crippen molar-refractivity contribution in [1.29, 1.82) is 0 Å². The molecule has 0 aliphatic heterocycles. The third-order valence-electron chi connectivity index (χ3n) is 3.30. The predicted octanol–water partition coefficient (Wildman–Crippen LogP) is 3.92. The summed E-state index contributed by atoms with van der Waals surface area (Å²) in [4.78, 5) is 8.93. The second kappa shape index (κ2) is 6.64. The lowest BCUT2D eigenvalue weighted by atomic mass is 9.87. The van der Waals surface area contributed by atoms with Crippen molar-refractivity contribution in [2.24, 2.45) is 5.41 Å². The fraction of sp³-hybridized carbons (Fsp3) is 0.692. The van der Waals surface area contributed by atoms with Crippen LogP contribution in [0.15, 0.2) is 11.2 Å². The molecule has 1 aromatic heterocycles. The van der Waals surface area contributed by atoms with Crippen LogP contribution in [0.1, 0.15) is 38.1 Å². The molecule has 4 heteroatoms. The molecule has 96 valence electrons. The Morgan fingerprint density at radius 1 is 1.18 bits per heavy atom. The molecule has 0 aliphatic rings. The van der Waals surface area contributed by atoms with Gasteiger partial charge in [-0.3, -0.25) is 0 Å². The number of aromatic nitrogens is 2. The van der Waals surface area contributed by atoms with Crippen molar-refractivity contribution >= 4 is 24.4 Å². The Kier molecular flexibility index (Phi) is 5.80. The molecule has 1 aromatic rings. The van der Waals surface area contributed by atoms with Gasteiger partial charge >= 0.3 is 0 Å². The molecule has 0 atom stereocenters. The molecule has 0 aliphatic carbocycles. The largest absolute Gasteiger partial charge is 0.228 e. The van der Waals surface area contributed by atoms with Crippen LogP contribution in [-0.4, -0.2) is 21.5 Å². The minimum atomic E-state index is 0.314. The predicted molar refractivity (Wildman–Crippen MR) is 79.1 cm³/mol. The second-order valence-corrected chi connectivity index (χ2v) is 5.85. The monoisotopic (exact) mass is 270 g/mol. The highest BCUT2D eigenvalue weighted by atomic mass is 32.2. The zero-order valence-corrected chi connectivity index (χ0v) is 12.9. The Labute approximate surface area is 114 Å². The number of rotatable bonds is 6. The van der Waals surface area contributed by atoms with E-state index in [2.05, 4.69) is 36.4 Å². The number of thiol groups is 1. The van der Waals surface area contributed by atoms with Gasteiger partial charge in [-0.05, 0) is 43.9 Å². The van der Waals surface area contributed by atoms with Gasteiger partial charge < -0.3 is 0 Å². The smallest absolute Gasteiger partial charge is 0.187 e. The van der Waals surface area contributed by atoms with Crippen LogP contribution >= 0.6 is 24.4 Å². The Hall–Kier alpha value is -0.220. The molecule has 1 heterocycles. The van der Waals surface area contributed by atoms with Crippen molar-refractivity contribution in [1.82, 2.24) is 9.97 Å². The molecule has 0 spiro atoms. The van der Waals surface area contributed by atoms with Crippen molar-refractivity contribution in [3.8, 4) is 0 Å². The normalized spacial score (nSPS) is 11.8. The van der Waals surface area contributed by atoms with Crippen molar-refractivity contribution in [3.63, 3.8) is 0 Å². The molecule has 0 saturated carbocycles. The maximum Gasteiger partial charge on any atom is 0.187 e. The van der Waals surface area contributed by atoms with Gasteiger partial charge in [0, 0.05) is 17.1 Å². The van der Waals surface area contributed by atoms with Gasteiger partial charge in [-0.2, -0.15) is 12.6 Å². The van der Waals surface area contributed by atoms with Crippen LogP contribution < -0.4 is 0 Å². The van der Waals surface area contributed by atoms with E-state index < -0.39 is 0 Å². The minimum Gasteiger partial charge on any atom is -0.228 e. The van der Waals surface area contributed by atoms with Gasteiger partial charge in [0.15, 0.2) is 5.16 Å². The molecule has 0 N–H and O–H groups in total. The quantitative estimate of drug-likeness (QED) is 0.482. The SMILES string of the molecule is CCC(CC)(CS)CSc1nc(C)cc(C)n1. The summed E-state index contributed by atoms with van der Waals surface area (Å²) in [6.07, 6.45) is 2.32. The van der Waals surface area contributed by atoms with E-state index in [1.54, 1.807) is 11.8 Å². The first-order valence-electron chi connectivity index (χ1n) is 6.11. The van der Waals surface area contributed by atoms with Crippen molar-refractivity contribution < 1.29 is 0 Å². The van der Waals surface area contributed by atoms with Crippen LogP contribution in [0.4, 0.5) is 0 Å². The highest BCUT2D eigenvalue weighted by Gasteiger charge is 2.25. The fourth-order valence-corrected chi connectivity index (χ4v) is 3.77. The average molecular weight is 270 g/mol. The molecular weight excluding hydrogens is 248 g/mol. The summed E-state index contributed by atoms with van der Waals surface area (Å²) in [7, 11) is 0. The lowest BCUT2D eigenvalue weighted by molar-refractivity contribution is 0.357. The van der Waals surface area contributed by atoms with Crippen LogP contribution in [0.5, 0.6) is 0 Å². The van der Waals surface area contributed by atoms with Crippen LogP contribution in [0, 0.1) is 19.3 Å². The molecule has 0 radical (unpaired) electrons. The highest BCUT2D eigenvalue weighted by molar-refractivity contribution is 7.99. The van der Waals surface area contributed by atoms with Gasteiger partial charge in [0.05, 0.1) is 0 Å².